The summed E-state index contributed by atoms with van der Waals surface area (Å²) in [6.07, 6.45) is -8.50. The summed E-state index contributed by atoms with van der Waals surface area (Å²) in [4.78, 5) is 34.1. The number of carboxylic acid groups (broad SMARTS) is 1. The molecule has 3 aromatic rings. The van der Waals surface area contributed by atoms with Crippen molar-refractivity contribution >= 4 is 11.9 Å². The van der Waals surface area contributed by atoms with Gasteiger partial charge in [0.05, 0.1) is 6.10 Å². The molecule has 1 saturated heterocycles. The van der Waals surface area contributed by atoms with Crippen LogP contribution in [0.5, 0.6) is 6.01 Å². The molecule has 0 radical (unpaired) electrons. The zero-order valence-corrected chi connectivity index (χ0v) is 21.6. The number of ether oxygens (including phenoxy) is 4. The van der Waals surface area contributed by atoms with E-state index in [9.17, 15) is 24.9 Å². The van der Waals surface area contributed by atoms with Gasteiger partial charge in [-0.2, -0.15) is 0 Å². The minimum Gasteiger partial charge on any atom is -0.479 e. The van der Waals surface area contributed by atoms with Crippen molar-refractivity contribution in [3.05, 3.63) is 89.2 Å². The Morgan fingerprint density at radius 1 is 0.974 bits per heavy atom. The van der Waals surface area contributed by atoms with Crippen LogP contribution in [0.15, 0.2) is 66.7 Å². The van der Waals surface area contributed by atoms with Crippen LogP contribution in [-0.2, 0) is 29.4 Å². The highest BCUT2D eigenvalue weighted by atomic mass is 16.7. The van der Waals surface area contributed by atoms with Crippen molar-refractivity contribution in [1.82, 2.24) is 9.97 Å². The first-order valence-corrected chi connectivity index (χ1v) is 12.3. The van der Waals surface area contributed by atoms with Gasteiger partial charge in [0.15, 0.2) is 11.7 Å². The summed E-state index contributed by atoms with van der Waals surface area (Å²) < 4.78 is 23.1. The lowest BCUT2D eigenvalue weighted by Crippen LogP contribution is -2.56. The molecule has 206 valence electrons. The molecule has 2 heterocycles. The van der Waals surface area contributed by atoms with Gasteiger partial charge in [-0.3, -0.25) is 0 Å². The number of rotatable bonds is 9. The molecule has 3 N–H and O–H groups in total. The maximum atomic E-state index is 14.0. The van der Waals surface area contributed by atoms with E-state index < -0.39 is 48.2 Å². The second-order valence-electron chi connectivity index (χ2n) is 9.16. The maximum Gasteiger partial charge on any atom is 0.353 e. The fourth-order valence-corrected chi connectivity index (χ4v) is 4.60. The third kappa shape index (κ3) is 5.91. The van der Waals surface area contributed by atoms with Gasteiger partial charge in [-0.1, -0.05) is 60.7 Å². The van der Waals surface area contributed by atoms with Gasteiger partial charge < -0.3 is 34.3 Å². The van der Waals surface area contributed by atoms with Crippen molar-refractivity contribution in [1.29, 1.82) is 0 Å². The fraction of sp³-hybridized carbons (Fsp3) is 0.357. The van der Waals surface area contributed by atoms with Crippen LogP contribution >= 0.6 is 0 Å². The van der Waals surface area contributed by atoms with Crippen LogP contribution < -0.4 is 4.74 Å². The smallest absolute Gasteiger partial charge is 0.353 e. The summed E-state index contributed by atoms with van der Waals surface area (Å²) in [7, 11) is 1.40. The lowest BCUT2D eigenvalue weighted by molar-refractivity contribution is -0.265. The minimum absolute atomic E-state index is 0.128. The van der Waals surface area contributed by atoms with Crippen LogP contribution in [0, 0.1) is 13.8 Å². The standard InChI is InChI=1S/C28H30N2O9/c1-16-14-17(2)30-27(29-16)38-23(25(35)39-26-22(32)20(31)15-21(37-26)24(33)34)28(36-3,18-10-6-4-7-11-18)19-12-8-5-9-13-19/h4-14,20-23,26,31-32H,15H2,1-3H3,(H,33,34)/t20-,21-,22+,23?,26-/m0/s1. The molecule has 2 aromatic carbocycles. The van der Waals surface area contributed by atoms with E-state index in [1.165, 1.54) is 7.11 Å². The Kier molecular flexibility index (Phi) is 8.56. The van der Waals surface area contributed by atoms with Gasteiger partial charge in [0.1, 0.15) is 6.10 Å². The third-order valence-corrected chi connectivity index (χ3v) is 6.43. The van der Waals surface area contributed by atoms with Crippen molar-refractivity contribution < 1.29 is 43.9 Å². The van der Waals surface area contributed by atoms with E-state index >= 15 is 0 Å². The molecule has 0 aliphatic carbocycles. The van der Waals surface area contributed by atoms with E-state index in [2.05, 4.69) is 9.97 Å². The maximum absolute atomic E-state index is 14.0. The van der Waals surface area contributed by atoms with E-state index in [0.717, 1.165) is 0 Å². The van der Waals surface area contributed by atoms with Crippen LogP contribution in [0.4, 0.5) is 0 Å². The van der Waals surface area contributed by atoms with Crippen LogP contribution in [0.25, 0.3) is 0 Å². The number of carbonyl (C=O) groups is 2. The first-order valence-electron chi connectivity index (χ1n) is 12.3. The predicted molar refractivity (Wildman–Crippen MR) is 136 cm³/mol. The second kappa shape index (κ2) is 11.9. The number of aromatic nitrogens is 2. The van der Waals surface area contributed by atoms with Crippen LogP contribution in [0.1, 0.15) is 28.9 Å². The summed E-state index contributed by atoms with van der Waals surface area (Å²) in [6.45, 7) is 3.49. The van der Waals surface area contributed by atoms with Gasteiger partial charge in [0.25, 0.3) is 0 Å². The average Bonchev–Trinajstić information content (AvgIpc) is 2.91. The Labute approximate surface area is 225 Å². The first kappa shape index (κ1) is 28.1. The Morgan fingerprint density at radius 2 is 1.51 bits per heavy atom. The summed E-state index contributed by atoms with van der Waals surface area (Å²) in [5, 5.41) is 30.1. The van der Waals surface area contributed by atoms with Gasteiger partial charge in [-0.05, 0) is 31.0 Å². The SMILES string of the molecule is COC(c1ccccc1)(c1ccccc1)C(Oc1nc(C)cc(C)n1)C(=O)O[C@@H]1O[C@H](C(=O)O)C[C@H](O)[C@H]1O. The molecule has 0 amide bonds. The summed E-state index contributed by atoms with van der Waals surface area (Å²) in [6, 6.07) is 19.3. The number of aryl methyl sites for hydroxylation is 2. The van der Waals surface area contributed by atoms with E-state index in [0.29, 0.717) is 22.5 Å². The van der Waals surface area contributed by atoms with Crippen LogP contribution in [0.2, 0.25) is 0 Å². The molecule has 0 saturated carbocycles. The highest BCUT2D eigenvalue weighted by molar-refractivity contribution is 5.79. The number of hydrogen-bond acceptors (Lipinski definition) is 10. The number of aliphatic hydroxyl groups excluding tert-OH is 2. The van der Waals surface area contributed by atoms with E-state index in [4.69, 9.17) is 18.9 Å². The molecule has 39 heavy (non-hydrogen) atoms. The summed E-state index contributed by atoms with van der Waals surface area (Å²) >= 11 is 0. The number of aliphatic carboxylic acids is 1. The molecule has 11 heteroatoms. The lowest BCUT2D eigenvalue weighted by atomic mass is 9.81. The van der Waals surface area contributed by atoms with Gasteiger partial charge in [0.2, 0.25) is 12.4 Å². The Balaban J connectivity index is 1.83. The number of carboxylic acids is 1. The largest absolute Gasteiger partial charge is 0.479 e. The zero-order valence-electron chi connectivity index (χ0n) is 21.6. The molecular formula is C28H30N2O9. The van der Waals surface area contributed by atoms with Crippen LogP contribution in [-0.4, -0.2) is 75.0 Å². The van der Waals surface area contributed by atoms with Gasteiger partial charge in [-0.15, -0.1) is 0 Å². The van der Waals surface area contributed by atoms with Crippen molar-refractivity contribution in [3.63, 3.8) is 0 Å². The summed E-state index contributed by atoms with van der Waals surface area (Å²) in [5.74, 6) is -2.45. The zero-order chi connectivity index (χ0) is 28.2. The minimum atomic E-state index is -1.80. The Hall–Kier alpha value is -3.90. The van der Waals surface area contributed by atoms with Gasteiger partial charge in [-0.25, -0.2) is 19.6 Å². The lowest BCUT2D eigenvalue weighted by Gasteiger charge is -2.40. The molecule has 11 nitrogen and oxygen atoms in total. The van der Waals surface area contributed by atoms with E-state index in [1.54, 1.807) is 80.6 Å². The van der Waals surface area contributed by atoms with Crippen molar-refractivity contribution in [3.8, 4) is 6.01 Å². The molecule has 0 spiro atoms. The van der Waals surface area contributed by atoms with E-state index in [-0.39, 0.29) is 12.4 Å². The normalized spacial score (nSPS) is 22.1. The average molecular weight is 539 g/mol. The molecule has 1 unspecified atom stereocenters. The molecule has 1 fully saturated rings. The van der Waals surface area contributed by atoms with Gasteiger partial charge in [0, 0.05) is 24.9 Å². The molecular weight excluding hydrogens is 508 g/mol. The number of aliphatic hydroxyl groups is 2. The number of nitrogens with zero attached hydrogens (tertiary/aromatic N) is 2. The van der Waals surface area contributed by atoms with Crippen molar-refractivity contribution in [2.45, 2.75) is 56.6 Å². The molecule has 1 aliphatic heterocycles. The molecule has 5 atom stereocenters. The van der Waals surface area contributed by atoms with Crippen molar-refractivity contribution in [2.24, 2.45) is 0 Å². The second-order valence-corrected chi connectivity index (χ2v) is 9.16. The van der Waals surface area contributed by atoms with Crippen molar-refractivity contribution in [2.75, 3.05) is 7.11 Å². The Morgan fingerprint density at radius 3 is 2.00 bits per heavy atom. The quantitative estimate of drug-likeness (QED) is 0.342. The molecule has 1 aromatic heterocycles. The number of methoxy groups -OCH3 is 1. The predicted octanol–water partition coefficient (Wildman–Crippen LogP) is 1.90. The number of hydrogen-bond donors (Lipinski definition) is 3. The molecule has 0 bridgehead atoms. The number of esters is 1. The summed E-state index contributed by atoms with van der Waals surface area (Å²) in [5.41, 5.74) is 0.610. The molecule has 4 rings (SSSR count). The van der Waals surface area contributed by atoms with E-state index in [1.807, 2.05) is 0 Å². The number of carbonyl (C=O) groups excluding carboxylic acids is 1. The van der Waals surface area contributed by atoms with Crippen LogP contribution in [0.3, 0.4) is 0 Å². The third-order valence-electron chi connectivity index (χ3n) is 6.43. The first-order chi connectivity index (χ1) is 18.6. The topological polar surface area (TPSA) is 158 Å². The fourth-order valence-electron chi connectivity index (χ4n) is 4.60. The van der Waals surface area contributed by atoms with Gasteiger partial charge >= 0.3 is 17.9 Å². The number of benzene rings is 2. The molecule has 1 aliphatic rings. The highest BCUT2D eigenvalue weighted by Gasteiger charge is 2.52. The monoisotopic (exact) mass is 538 g/mol. The highest BCUT2D eigenvalue weighted by Crippen LogP contribution is 2.39. The Bertz CT molecular complexity index is 1230.